The van der Waals surface area contributed by atoms with Crippen LogP contribution < -0.4 is 11.3 Å². The van der Waals surface area contributed by atoms with Gasteiger partial charge in [0, 0.05) is 5.56 Å². The lowest BCUT2D eigenvalue weighted by Crippen LogP contribution is -2.30. The molecule has 0 radical (unpaired) electrons. The molecule has 0 saturated carbocycles. The number of nitrogens with zero attached hydrogens (tertiary/aromatic N) is 3. The molecule has 0 aliphatic carbocycles. The zero-order valence-corrected chi connectivity index (χ0v) is 7.75. The van der Waals surface area contributed by atoms with Gasteiger partial charge in [-0.15, -0.1) is 0 Å². The number of hydrogen-bond donors (Lipinski definition) is 2. The molecule has 0 spiro atoms. The van der Waals surface area contributed by atoms with Gasteiger partial charge in [0.2, 0.25) is 0 Å². The number of aromatic nitrogens is 3. The summed E-state index contributed by atoms with van der Waals surface area (Å²) in [5.74, 6) is 4.74. The number of hydrogen-bond acceptors (Lipinski definition) is 5. The van der Waals surface area contributed by atoms with Gasteiger partial charge in [-0.05, 0) is 6.07 Å². The quantitative estimate of drug-likeness (QED) is 0.402. The maximum Gasteiger partial charge on any atom is 0.301 e. The third-order valence-corrected chi connectivity index (χ3v) is 1.88. The predicted molar refractivity (Wildman–Crippen MR) is 49.5 cm³/mol. The van der Waals surface area contributed by atoms with E-state index in [-0.39, 0.29) is 5.76 Å². The van der Waals surface area contributed by atoms with Crippen LogP contribution in [0.5, 0.6) is 0 Å². The van der Waals surface area contributed by atoms with Crippen LogP contribution in [-0.2, 0) is 6.54 Å². The van der Waals surface area contributed by atoms with E-state index in [0.29, 0.717) is 12.1 Å². The lowest BCUT2D eigenvalue weighted by molar-refractivity contribution is 0.0924. The molecule has 15 heavy (non-hydrogen) atoms. The van der Waals surface area contributed by atoms with E-state index in [1.165, 1.54) is 12.6 Å². The van der Waals surface area contributed by atoms with Crippen molar-refractivity contribution in [3.8, 4) is 0 Å². The van der Waals surface area contributed by atoms with Crippen molar-refractivity contribution in [2.45, 2.75) is 6.54 Å². The van der Waals surface area contributed by atoms with Gasteiger partial charge < -0.3 is 4.42 Å². The summed E-state index contributed by atoms with van der Waals surface area (Å²) in [6.07, 6.45) is 4.40. The van der Waals surface area contributed by atoms with Crippen LogP contribution in [0.25, 0.3) is 0 Å². The molecule has 2 aromatic heterocycles. The van der Waals surface area contributed by atoms with Crippen molar-refractivity contribution in [1.29, 1.82) is 0 Å². The zero-order chi connectivity index (χ0) is 10.7. The molecule has 2 heterocycles. The number of nitrogens with one attached hydrogen (secondary N) is 1. The van der Waals surface area contributed by atoms with Crippen LogP contribution in [0.15, 0.2) is 29.4 Å². The van der Waals surface area contributed by atoms with Gasteiger partial charge in [0.05, 0.1) is 12.8 Å². The number of nitrogens with two attached hydrogens (primary N) is 1. The molecule has 0 bridgehead atoms. The Labute approximate surface area is 84.9 Å². The number of hydrazine groups is 1. The van der Waals surface area contributed by atoms with Gasteiger partial charge >= 0.3 is 5.91 Å². The fourth-order valence-corrected chi connectivity index (χ4v) is 1.21. The number of carbonyl (C=O) groups is 1. The molecule has 2 aromatic rings. The molecule has 0 aliphatic rings. The van der Waals surface area contributed by atoms with E-state index in [2.05, 4.69) is 10.1 Å². The van der Waals surface area contributed by atoms with Gasteiger partial charge in [0.15, 0.2) is 5.76 Å². The summed E-state index contributed by atoms with van der Waals surface area (Å²) >= 11 is 0. The molecule has 7 nitrogen and oxygen atoms in total. The molecular formula is C8H9N5O2. The Bertz CT molecular complexity index is 447. The average Bonchev–Trinajstić information content (AvgIpc) is 2.88. The second-order valence-corrected chi connectivity index (χ2v) is 2.84. The van der Waals surface area contributed by atoms with Crippen LogP contribution in [0.3, 0.4) is 0 Å². The lowest BCUT2D eigenvalue weighted by Gasteiger charge is -2.00. The monoisotopic (exact) mass is 207 g/mol. The SMILES string of the molecule is NNC(=O)c1occc1Cn1cncn1. The van der Waals surface area contributed by atoms with Gasteiger partial charge in [0.25, 0.3) is 0 Å². The second kappa shape index (κ2) is 3.93. The zero-order valence-electron chi connectivity index (χ0n) is 7.75. The van der Waals surface area contributed by atoms with E-state index >= 15 is 0 Å². The summed E-state index contributed by atoms with van der Waals surface area (Å²) in [5, 5.41) is 3.92. The summed E-state index contributed by atoms with van der Waals surface area (Å²) in [6, 6.07) is 1.69. The number of carbonyl (C=O) groups excluding carboxylic acids is 1. The summed E-state index contributed by atoms with van der Waals surface area (Å²) < 4.78 is 6.59. The topological polar surface area (TPSA) is 99.0 Å². The second-order valence-electron chi connectivity index (χ2n) is 2.84. The highest BCUT2D eigenvalue weighted by molar-refractivity contribution is 5.92. The van der Waals surface area contributed by atoms with Crippen molar-refractivity contribution in [3.63, 3.8) is 0 Å². The first kappa shape index (κ1) is 9.41. The van der Waals surface area contributed by atoms with Crippen LogP contribution in [0.1, 0.15) is 16.1 Å². The lowest BCUT2D eigenvalue weighted by atomic mass is 10.2. The minimum Gasteiger partial charge on any atom is -0.459 e. The van der Waals surface area contributed by atoms with Crippen LogP contribution in [-0.4, -0.2) is 20.7 Å². The Morgan fingerprint density at radius 1 is 1.67 bits per heavy atom. The highest BCUT2D eigenvalue weighted by Gasteiger charge is 2.14. The molecule has 0 unspecified atom stereocenters. The molecule has 3 N–H and O–H groups in total. The van der Waals surface area contributed by atoms with E-state index in [9.17, 15) is 4.79 Å². The molecule has 0 aliphatic heterocycles. The van der Waals surface area contributed by atoms with Gasteiger partial charge in [-0.25, -0.2) is 15.5 Å². The Kier molecular flexibility index (Phi) is 2.46. The highest BCUT2D eigenvalue weighted by atomic mass is 16.3. The van der Waals surface area contributed by atoms with Crippen LogP contribution in [0.4, 0.5) is 0 Å². The van der Waals surface area contributed by atoms with Gasteiger partial charge in [-0.2, -0.15) is 5.10 Å². The summed E-state index contributed by atoms with van der Waals surface area (Å²) in [5.41, 5.74) is 2.71. The smallest absolute Gasteiger partial charge is 0.301 e. The molecule has 2 rings (SSSR count). The summed E-state index contributed by atoms with van der Waals surface area (Å²) in [7, 11) is 0. The summed E-state index contributed by atoms with van der Waals surface area (Å²) in [4.78, 5) is 15.0. The third-order valence-electron chi connectivity index (χ3n) is 1.88. The number of amides is 1. The first-order valence-electron chi connectivity index (χ1n) is 4.21. The van der Waals surface area contributed by atoms with Crippen LogP contribution in [0, 0.1) is 0 Å². The Morgan fingerprint density at radius 3 is 3.20 bits per heavy atom. The van der Waals surface area contributed by atoms with Crippen molar-refractivity contribution < 1.29 is 9.21 Å². The Hall–Kier alpha value is -2.15. The van der Waals surface area contributed by atoms with Crippen molar-refractivity contribution in [2.24, 2.45) is 5.84 Å². The van der Waals surface area contributed by atoms with Crippen LogP contribution >= 0.6 is 0 Å². The van der Waals surface area contributed by atoms with E-state index in [1.807, 2.05) is 5.43 Å². The molecule has 1 amide bonds. The van der Waals surface area contributed by atoms with Crippen molar-refractivity contribution in [2.75, 3.05) is 0 Å². The third kappa shape index (κ3) is 1.86. The molecular weight excluding hydrogens is 198 g/mol. The predicted octanol–water partition coefficient (Wildman–Crippen LogP) is -0.477. The van der Waals surface area contributed by atoms with Crippen molar-refractivity contribution >= 4 is 5.91 Å². The van der Waals surface area contributed by atoms with E-state index < -0.39 is 5.91 Å². The van der Waals surface area contributed by atoms with Crippen LogP contribution in [0.2, 0.25) is 0 Å². The Morgan fingerprint density at radius 2 is 2.53 bits per heavy atom. The molecule has 0 aromatic carbocycles. The first-order chi connectivity index (χ1) is 7.31. The van der Waals surface area contributed by atoms with Crippen molar-refractivity contribution in [3.05, 3.63) is 36.3 Å². The first-order valence-corrected chi connectivity index (χ1v) is 4.21. The molecule has 0 saturated heterocycles. The maximum absolute atomic E-state index is 11.2. The molecule has 78 valence electrons. The molecule has 0 atom stereocenters. The summed E-state index contributed by atoms with van der Waals surface area (Å²) in [6.45, 7) is 0.416. The van der Waals surface area contributed by atoms with E-state index in [4.69, 9.17) is 10.3 Å². The van der Waals surface area contributed by atoms with Gasteiger partial charge in [-0.1, -0.05) is 0 Å². The molecule has 0 fully saturated rings. The Balaban J connectivity index is 2.22. The molecule has 7 heteroatoms. The fourth-order valence-electron chi connectivity index (χ4n) is 1.21. The normalized spacial score (nSPS) is 10.2. The number of nitrogen functional groups attached to an aromatic ring is 1. The maximum atomic E-state index is 11.2. The minimum absolute atomic E-state index is 0.188. The van der Waals surface area contributed by atoms with Crippen molar-refractivity contribution in [1.82, 2.24) is 20.2 Å². The number of rotatable bonds is 3. The highest BCUT2D eigenvalue weighted by Crippen LogP contribution is 2.11. The van der Waals surface area contributed by atoms with E-state index in [1.54, 1.807) is 17.1 Å². The standard InChI is InChI=1S/C8H9N5O2/c9-12-8(14)7-6(1-2-15-7)3-13-5-10-4-11-13/h1-2,4-5H,3,9H2,(H,12,14). The largest absolute Gasteiger partial charge is 0.459 e. The van der Waals surface area contributed by atoms with E-state index in [0.717, 1.165) is 0 Å². The average molecular weight is 207 g/mol. The minimum atomic E-state index is -0.463. The van der Waals surface area contributed by atoms with Gasteiger partial charge in [-0.3, -0.25) is 10.2 Å². The number of furan rings is 1. The fraction of sp³-hybridized carbons (Fsp3) is 0.125. The van der Waals surface area contributed by atoms with Gasteiger partial charge in [0.1, 0.15) is 12.7 Å².